The van der Waals surface area contributed by atoms with E-state index in [1.807, 2.05) is 19.4 Å². The van der Waals surface area contributed by atoms with Gasteiger partial charge in [-0.1, -0.05) is 0 Å². The fourth-order valence-corrected chi connectivity index (χ4v) is 4.18. The number of aryl methyl sites for hydroxylation is 2. The van der Waals surface area contributed by atoms with Gasteiger partial charge in [-0.2, -0.15) is 11.3 Å². The van der Waals surface area contributed by atoms with E-state index in [9.17, 15) is 0 Å². The zero-order valence-corrected chi connectivity index (χ0v) is 20.1. The van der Waals surface area contributed by atoms with Gasteiger partial charge in [-0.25, -0.2) is 4.98 Å². The molecule has 2 aromatic heterocycles. The van der Waals surface area contributed by atoms with Crippen molar-refractivity contribution in [2.75, 3.05) is 26.7 Å². The first-order chi connectivity index (χ1) is 13.2. The van der Waals surface area contributed by atoms with Crippen molar-refractivity contribution in [1.29, 1.82) is 0 Å². The van der Waals surface area contributed by atoms with E-state index in [-0.39, 0.29) is 24.0 Å². The molecule has 0 unspecified atom stereocenters. The van der Waals surface area contributed by atoms with Crippen LogP contribution >= 0.6 is 35.3 Å². The van der Waals surface area contributed by atoms with E-state index < -0.39 is 0 Å². The molecule has 2 N–H and O–H groups in total. The quantitative estimate of drug-likeness (QED) is 0.244. The van der Waals surface area contributed by atoms with Crippen molar-refractivity contribution in [3.63, 3.8) is 0 Å². The fourth-order valence-electron chi connectivity index (χ4n) is 3.52. The molecule has 0 amide bonds. The van der Waals surface area contributed by atoms with Gasteiger partial charge >= 0.3 is 0 Å². The summed E-state index contributed by atoms with van der Waals surface area (Å²) in [5.41, 5.74) is 1.44. The molecule has 1 aliphatic heterocycles. The Kier molecular flexibility index (Phi) is 10.3. The van der Waals surface area contributed by atoms with E-state index in [1.165, 1.54) is 18.4 Å². The molecule has 3 rings (SSSR count). The van der Waals surface area contributed by atoms with Crippen molar-refractivity contribution in [3.8, 4) is 0 Å². The van der Waals surface area contributed by atoms with Gasteiger partial charge in [0.25, 0.3) is 0 Å². The zero-order valence-electron chi connectivity index (χ0n) is 16.9. The first-order valence-electron chi connectivity index (χ1n) is 9.93. The number of likely N-dealkylation sites (tertiary alicyclic amines) is 1. The lowest BCUT2D eigenvalue weighted by Crippen LogP contribution is -2.48. The lowest BCUT2D eigenvalue weighted by Gasteiger charge is -2.32. The summed E-state index contributed by atoms with van der Waals surface area (Å²) < 4.78 is 2.21. The molecular formula is C20H33IN6S. The van der Waals surface area contributed by atoms with Crippen LogP contribution in [-0.4, -0.2) is 53.1 Å². The Bertz CT molecular complexity index is 691. The largest absolute Gasteiger partial charge is 0.356 e. The highest BCUT2D eigenvalue weighted by Gasteiger charge is 2.20. The van der Waals surface area contributed by atoms with Crippen LogP contribution in [0.4, 0.5) is 0 Å². The van der Waals surface area contributed by atoms with Crippen molar-refractivity contribution < 1.29 is 0 Å². The maximum absolute atomic E-state index is 4.39. The first-order valence-corrected chi connectivity index (χ1v) is 10.9. The highest BCUT2D eigenvalue weighted by molar-refractivity contribution is 14.0. The minimum Gasteiger partial charge on any atom is -0.356 e. The van der Waals surface area contributed by atoms with Gasteiger partial charge in [-0.15, -0.1) is 24.0 Å². The Balaban J connectivity index is 0.00000280. The number of imidazole rings is 1. The van der Waals surface area contributed by atoms with Crippen molar-refractivity contribution in [3.05, 3.63) is 40.6 Å². The number of aliphatic imine (C=N–C) groups is 1. The molecule has 0 saturated carbocycles. The van der Waals surface area contributed by atoms with E-state index >= 15 is 0 Å². The van der Waals surface area contributed by atoms with Crippen LogP contribution in [0.1, 0.15) is 37.1 Å². The maximum Gasteiger partial charge on any atom is 0.191 e. The number of halogens is 1. The molecule has 8 heteroatoms. The normalized spacial score (nSPS) is 16.0. The predicted octanol–water partition coefficient (Wildman–Crippen LogP) is 3.48. The molecule has 3 heterocycles. The molecule has 0 spiro atoms. The average molecular weight is 516 g/mol. The van der Waals surface area contributed by atoms with Gasteiger partial charge in [0, 0.05) is 58.2 Å². The zero-order chi connectivity index (χ0) is 18.9. The minimum atomic E-state index is 0. The number of nitrogens with zero attached hydrogens (tertiary/aromatic N) is 4. The molecule has 1 saturated heterocycles. The number of aromatic nitrogens is 2. The number of hydrogen-bond acceptors (Lipinski definition) is 4. The number of nitrogens with one attached hydrogen (secondary N) is 2. The Morgan fingerprint density at radius 1 is 1.32 bits per heavy atom. The summed E-state index contributed by atoms with van der Waals surface area (Å²) in [7, 11) is 1.86. The summed E-state index contributed by atoms with van der Waals surface area (Å²) in [6.45, 7) is 7.41. The van der Waals surface area contributed by atoms with Gasteiger partial charge in [-0.05, 0) is 55.0 Å². The van der Waals surface area contributed by atoms with Gasteiger partial charge in [0.2, 0.25) is 0 Å². The van der Waals surface area contributed by atoms with Gasteiger partial charge in [0.15, 0.2) is 5.96 Å². The van der Waals surface area contributed by atoms with Crippen molar-refractivity contribution >= 4 is 41.3 Å². The summed E-state index contributed by atoms with van der Waals surface area (Å²) in [4.78, 5) is 11.2. The molecule has 2 aromatic rings. The molecule has 0 atom stereocenters. The Morgan fingerprint density at radius 2 is 2.14 bits per heavy atom. The molecule has 0 aliphatic carbocycles. The van der Waals surface area contributed by atoms with Crippen LogP contribution in [0.15, 0.2) is 34.2 Å². The van der Waals surface area contributed by atoms with E-state index in [1.54, 1.807) is 11.3 Å². The van der Waals surface area contributed by atoms with Crippen LogP contribution in [0.3, 0.4) is 0 Å². The van der Waals surface area contributed by atoms with E-state index in [2.05, 4.69) is 53.8 Å². The molecule has 0 radical (unpaired) electrons. The third kappa shape index (κ3) is 7.36. The number of unbranched alkanes of at least 4 members (excludes halogenated alkanes) is 1. The Morgan fingerprint density at radius 3 is 2.79 bits per heavy atom. The van der Waals surface area contributed by atoms with Crippen LogP contribution in [-0.2, 0) is 13.1 Å². The number of guanidine groups is 1. The summed E-state index contributed by atoms with van der Waals surface area (Å²) in [5, 5.41) is 11.5. The molecule has 1 fully saturated rings. The van der Waals surface area contributed by atoms with Gasteiger partial charge in [0.05, 0.1) is 0 Å². The second-order valence-corrected chi connectivity index (χ2v) is 7.98. The number of rotatable bonds is 8. The Hall–Kier alpha value is -1.13. The molecule has 1 aliphatic rings. The second kappa shape index (κ2) is 12.4. The van der Waals surface area contributed by atoms with E-state index in [0.717, 1.165) is 57.3 Å². The lowest BCUT2D eigenvalue weighted by atomic mass is 10.0. The summed E-state index contributed by atoms with van der Waals surface area (Å²) >= 11 is 1.78. The molecule has 0 aromatic carbocycles. The topological polar surface area (TPSA) is 57.5 Å². The SMILES string of the molecule is CN=C(NCCCCn1ccnc1C)NC1CCN(Cc2ccsc2)CC1.I. The van der Waals surface area contributed by atoms with Crippen molar-refractivity contribution in [2.24, 2.45) is 4.99 Å². The number of thiophene rings is 1. The van der Waals surface area contributed by atoms with Crippen LogP contribution < -0.4 is 10.6 Å². The summed E-state index contributed by atoms with van der Waals surface area (Å²) in [6, 6.07) is 2.75. The van der Waals surface area contributed by atoms with Crippen molar-refractivity contribution in [1.82, 2.24) is 25.1 Å². The molecule has 28 heavy (non-hydrogen) atoms. The summed E-state index contributed by atoms with van der Waals surface area (Å²) in [6.07, 6.45) is 8.52. The summed E-state index contributed by atoms with van der Waals surface area (Å²) in [5.74, 6) is 2.02. The highest BCUT2D eigenvalue weighted by atomic mass is 127. The van der Waals surface area contributed by atoms with Crippen LogP contribution in [0.25, 0.3) is 0 Å². The smallest absolute Gasteiger partial charge is 0.191 e. The second-order valence-electron chi connectivity index (χ2n) is 7.20. The first kappa shape index (κ1) is 23.2. The lowest BCUT2D eigenvalue weighted by molar-refractivity contribution is 0.198. The van der Waals surface area contributed by atoms with E-state index in [0.29, 0.717) is 6.04 Å². The fraction of sp³-hybridized carbons (Fsp3) is 0.600. The van der Waals surface area contributed by atoms with Crippen LogP contribution in [0.5, 0.6) is 0 Å². The third-order valence-electron chi connectivity index (χ3n) is 5.18. The van der Waals surface area contributed by atoms with Gasteiger partial charge in [0.1, 0.15) is 5.82 Å². The van der Waals surface area contributed by atoms with Gasteiger partial charge < -0.3 is 15.2 Å². The minimum absolute atomic E-state index is 0. The Labute approximate surface area is 189 Å². The van der Waals surface area contributed by atoms with Crippen LogP contribution in [0.2, 0.25) is 0 Å². The molecule has 6 nitrogen and oxygen atoms in total. The maximum atomic E-state index is 4.39. The van der Waals surface area contributed by atoms with Crippen LogP contribution in [0, 0.1) is 6.92 Å². The monoisotopic (exact) mass is 516 g/mol. The average Bonchev–Trinajstić information content (AvgIpc) is 3.34. The highest BCUT2D eigenvalue weighted by Crippen LogP contribution is 2.15. The molecular weight excluding hydrogens is 483 g/mol. The van der Waals surface area contributed by atoms with Gasteiger partial charge in [-0.3, -0.25) is 9.89 Å². The third-order valence-corrected chi connectivity index (χ3v) is 5.91. The standard InChI is InChI=1S/C20H32N6S.HI/c1-17-22-9-13-26(17)10-4-3-8-23-20(21-2)24-19-5-11-25(12-6-19)15-18-7-14-27-16-18;/h7,9,13-14,16,19H,3-6,8,10-12,15H2,1-2H3,(H2,21,23,24);1H. The molecule has 0 bridgehead atoms. The number of hydrogen-bond donors (Lipinski definition) is 2. The van der Waals surface area contributed by atoms with E-state index in [4.69, 9.17) is 0 Å². The number of piperidine rings is 1. The predicted molar refractivity (Wildman–Crippen MR) is 129 cm³/mol. The molecule has 156 valence electrons. The van der Waals surface area contributed by atoms with Crippen molar-refractivity contribution in [2.45, 2.75) is 51.7 Å².